The Morgan fingerprint density at radius 2 is 1.75 bits per heavy atom. The molecule has 0 atom stereocenters. The number of carbonyl (C=O) groups excluding carboxylic acids is 1. The summed E-state index contributed by atoms with van der Waals surface area (Å²) < 4.78 is 26.1. The molecule has 6 heteroatoms. The lowest BCUT2D eigenvalue weighted by Crippen LogP contribution is -2.42. The van der Waals surface area contributed by atoms with Crippen LogP contribution in [-0.4, -0.2) is 43.6 Å². The molecule has 0 saturated carbocycles. The van der Waals surface area contributed by atoms with Gasteiger partial charge < -0.3 is 4.90 Å². The fourth-order valence-corrected chi connectivity index (χ4v) is 5.04. The van der Waals surface area contributed by atoms with Crippen LogP contribution in [0.3, 0.4) is 0 Å². The molecule has 1 amide bonds. The Balaban J connectivity index is 2.35. The maximum Gasteiger partial charge on any atom is 0.254 e. The van der Waals surface area contributed by atoms with Crippen molar-refractivity contribution >= 4 is 21.6 Å². The van der Waals surface area contributed by atoms with E-state index in [4.69, 9.17) is 0 Å². The van der Waals surface area contributed by atoms with Crippen LogP contribution in [0.1, 0.15) is 56.5 Å². The standard InChI is InChI=1S/C18H28N2O3S/c1-13(2)20(14(3)4)18(21)16-8-9-17(15(5)12-16)19-10-6-7-11-24(19,22)23/h8-9,12-14H,6-7,10-11H2,1-5H3. The molecule has 0 N–H and O–H groups in total. The fourth-order valence-electron chi connectivity index (χ4n) is 3.34. The average Bonchev–Trinajstić information content (AvgIpc) is 2.46. The molecule has 0 spiro atoms. The first-order chi connectivity index (χ1) is 11.1. The monoisotopic (exact) mass is 352 g/mol. The fraction of sp³-hybridized carbons (Fsp3) is 0.611. The van der Waals surface area contributed by atoms with E-state index < -0.39 is 10.0 Å². The largest absolute Gasteiger partial charge is 0.334 e. The zero-order chi connectivity index (χ0) is 18.1. The zero-order valence-corrected chi connectivity index (χ0v) is 16.1. The van der Waals surface area contributed by atoms with E-state index in [1.165, 1.54) is 4.31 Å². The normalized spacial score (nSPS) is 17.4. The molecule has 1 saturated heterocycles. The number of rotatable bonds is 4. The molecule has 0 aromatic heterocycles. The molecule has 0 unspecified atom stereocenters. The van der Waals surface area contributed by atoms with Gasteiger partial charge in [-0.3, -0.25) is 9.10 Å². The molecule has 24 heavy (non-hydrogen) atoms. The highest BCUT2D eigenvalue weighted by molar-refractivity contribution is 7.92. The highest BCUT2D eigenvalue weighted by atomic mass is 32.2. The molecule has 0 aliphatic carbocycles. The number of amides is 1. The van der Waals surface area contributed by atoms with Gasteiger partial charge in [0.1, 0.15) is 0 Å². The Labute approximate surface area is 145 Å². The van der Waals surface area contributed by atoms with Gasteiger partial charge in [0.15, 0.2) is 0 Å². The number of sulfonamides is 1. The van der Waals surface area contributed by atoms with Gasteiger partial charge in [0.2, 0.25) is 10.0 Å². The van der Waals surface area contributed by atoms with Crippen LogP contribution in [0.2, 0.25) is 0 Å². The molecule has 1 heterocycles. The molecule has 2 rings (SSSR count). The summed E-state index contributed by atoms with van der Waals surface area (Å²) >= 11 is 0. The molecular formula is C18H28N2O3S. The lowest BCUT2D eigenvalue weighted by atomic mass is 10.1. The summed E-state index contributed by atoms with van der Waals surface area (Å²) in [7, 11) is -3.24. The number of hydrogen-bond acceptors (Lipinski definition) is 3. The number of aryl methyl sites for hydroxylation is 1. The molecule has 134 valence electrons. The van der Waals surface area contributed by atoms with Gasteiger partial charge in [0.05, 0.1) is 11.4 Å². The van der Waals surface area contributed by atoms with Crippen molar-refractivity contribution in [3.05, 3.63) is 29.3 Å². The van der Waals surface area contributed by atoms with E-state index in [0.717, 1.165) is 12.0 Å². The number of benzene rings is 1. The first-order valence-corrected chi connectivity index (χ1v) is 10.2. The Bertz CT molecular complexity index is 703. The Morgan fingerprint density at radius 1 is 1.12 bits per heavy atom. The van der Waals surface area contributed by atoms with E-state index in [-0.39, 0.29) is 23.7 Å². The molecule has 1 aliphatic rings. The van der Waals surface area contributed by atoms with E-state index >= 15 is 0 Å². The highest BCUT2D eigenvalue weighted by Gasteiger charge is 2.28. The number of nitrogens with zero attached hydrogens (tertiary/aromatic N) is 2. The highest BCUT2D eigenvalue weighted by Crippen LogP contribution is 2.28. The van der Waals surface area contributed by atoms with Crippen molar-refractivity contribution in [2.45, 2.75) is 59.5 Å². The van der Waals surface area contributed by atoms with Crippen molar-refractivity contribution in [2.24, 2.45) is 0 Å². The zero-order valence-electron chi connectivity index (χ0n) is 15.2. The van der Waals surface area contributed by atoms with Gasteiger partial charge in [-0.15, -0.1) is 0 Å². The van der Waals surface area contributed by atoms with Crippen molar-refractivity contribution in [2.75, 3.05) is 16.6 Å². The minimum atomic E-state index is -3.24. The van der Waals surface area contributed by atoms with Crippen molar-refractivity contribution in [1.29, 1.82) is 0 Å². The van der Waals surface area contributed by atoms with E-state index in [0.29, 0.717) is 24.2 Å². The topological polar surface area (TPSA) is 57.7 Å². The number of carbonyl (C=O) groups is 1. The second-order valence-corrected chi connectivity index (χ2v) is 9.01. The summed E-state index contributed by atoms with van der Waals surface area (Å²) in [6.45, 7) is 10.4. The average molecular weight is 353 g/mol. The third-order valence-electron chi connectivity index (χ3n) is 4.41. The van der Waals surface area contributed by atoms with Crippen molar-refractivity contribution in [1.82, 2.24) is 4.90 Å². The van der Waals surface area contributed by atoms with Crippen LogP contribution in [0.4, 0.5) is 5.69 Å². The van der Waals surface area contributed by atoms with Gasteiger partial charge in [-0.1, -0.05) is 0 Å². The lowest BCUT2D eigenvalue weighted by molar-refractivity contribution is 0.0643. The van der Waals surface area contributed by atoms with Gasteiger partial charge >= 0.3 is 0 Å². The Hall–Kier alpha value is -1.56. The minimum Gasteiger partial charge on any atom is -0.334 e. The second-order valence-electron chi connectivity index (χ2n) is 7.00. The van der Waals surface area contributed by atoms with Crippen LogP contribution >= 0.6 is 0 Å². The number of anilines is 1. The molecule has 1 fully saturated rings. The molecule has 1 aromatic rings. The minimum absolute atomic E-state index is 0.0175. The second kappa shape index (κ2) is 7.13. The third kappa shape index (κ3) is 3.74. The maximum atomic E-state index is 12.8. The lowest BCUT2D eigenvalue weighted by Gasteiger charge is -2.32. The van der Waals surface area contributed by atoms with E-state index in [1.54, 1.807) is 18.2 Å². The third-order valence-corrected chi connectivity index (χ3v) is 6.26. The molecule has 1 aromatic carbocycles. The summed E-state index contributed by atoms with van der Waals surface area (Å²) in [6, 6.07) is 5.54. The quantitative estimate of drug-likeness (QED) is 0.836. The van der Waals surface area contributed by atoms with Crippen molar-refractivity contribution in [3.63, 3.8) is 0 Å². The van der Waals surface area contributed by atoms with Crippen LogP contribution < -0.4 is 4.31 Å². The maximum absolute atomic E-state index is 12.8. The molecule has 5 nitrogen and oxygen atoms in total. The van der Waals surface area contributed by atoms with Crippen LogP contribution in [0.25, 0.3) is 0 Å². The molecular weight excluding hydrogens is 324 g/mol. The van der Waals surface area contributed by atoms with E-state index in [2.05, 4.69) is 0 Å². The number of hydrogen-bond donors (Lipinski definition) is 0. The Kier molecular flexibility index (Phi) is 5.58. The van der Waals surface area contributed by atoms with Crippen molar-refractivity contribution < 1.29 is 13.2 Å². The van der Waals surface area contributed by atoms with Crippen LogP contribution in [0, 0.1) is 6.92 Å². The smallest absolute Gasteiger partial charge is 0.254 e. The van der Waals surface area contributed by atoms with E-state index in [9.17, 15) is 13.2 Å². The summed E-state index contributed by atoms with van der Waals surface area (Å²) in [4.78, 5) is 14.6. The van der Waals surface area contributed by atoms with Crippen LogP contribution in [-0.2, 0) is 10.0 Å². The SMILES string of the molecule is Cc1cc(C(=O)N(C(C)C)C(C)C)ccc1N1CCCCS1(=O)=O. The summed E-state index contributed by atoms with van der Waals surface area (Å²) in [5.74, 6) is 0.179. The first kappa shape index (κ1) is 18.8. The van der Waals surface area contributed by atoms with Crippen LogP contribution in [0.5, 0.6) is 0 Å². The summed E-state index contributed by atoms with van der Waals surface area (Å²) in [5, 5.41) is 0. The molecule has 0 bridgehead atoms. The predicted octanol–water partition coefficient (Wildman–Crippen LogP) is 3.18. The van der Waals surface area contributed by atoms with E-state index in [1.807, 2.05) is 39.5 Å². The Morgan fingerprint density at radius 3 is 2.25 bits per heavy atom. The van der Waals surface area contributed by atoms with Gasteiger partial charge in [-0.25, -0.2) is 8.42 Å². The van der Waals surface area contributed by atoms with Gasteiger partial charge in [-0.2, -0.15) is 0 Å². The van der Waals surface area contributed by atoms with Gasteiger partial charge in [0.25, 0.3) is 5.91 Å². The summed E-state index contributed by atoms with van der Waals surface area (Å²) in [5.41, 5.74) is 2.11. The van der Waals surface area contributed by atoms with Gasteiger partial charge in [-0.05, 0) is 71.2 Å². The first-order valence-electron chi connectivity index (χ1n) is 8.59. The molecule has 1 aliphatic heterocycles. The van der Waals surface area contributed by atoms with Crippen LogP contribution in [0.15, 0.2) is 18.2 Å². The van der Waals surface area contributed by atoms with Gasteiger partial charge in [0, 0.05) is 24.2 Å². The molecule has 0 radical (unpaired) electrons. The summed E-state index contributed by atoms with van der Waals surface area (Å²) in [6.07, 6.45) is 1.58. The van der Waals surface area contributed by atoms with Crippen molar-refractivity contribution in [3.8, 4) is 0 Å². The predicted molar refractivity (Wildman–Crippen MR) is 98.0 cm³/mol.